The van der Waals surface area contributed by atoms with Crippen molar-refractivity contribution in [2.24, 2.45) is 5.73 Å². The number of amides is 3. The molecule has 36 heavy (non-hydrogen) atoms. The van der Waals surface area contributed by atoms with Crippen molar-refractivity contribution >= 4 is 23.6 Å². The van der Waals surface area contributed by atoms with Gasteiger partial charge in [0, 0.05) is 43.5 Å². The molecule has 8 nitrogen and oxygen atoms in total. The van der Waals surface area contributed by atoms with E-state index in [0.717, 1.165) is 24.1 Å². The quantitative estimate of drug-likeness (QED) is 0.602. The SMILES string of the molecule is CCC1(CC)C(=O)N(CCN)c2cc(C(=O)N(C(C)C)[C@@H]3CCCN(C(=O)OC(C)(C)C)C3)ccc21. The number of carbonyl (C=O) groups excluding carboxylic acids is 3. The van der Waals surface area contributed by atoms with Gasteiger partial charge in [0.05, 0.1) is 11.5 Å². The van der Waals surface area contributed by atoms with Crippen LogP contribution >= 0.6 is 0 Å². The summed E-state index contributed by atoms with van der Waals surface area (Å²) in [7, 11) is 0. The second kappa shape index (κ2) is 10.8. The van der Waals surface area contributed by atoms with Crippen molar-refractivity contribution in [3.63, 3.8) is 0 Å². The normalized spacial score (nSPS) is 19.5. The van der Waals surface area contributed by atoms with E-state index in [9.17, 15) is 14.4 Å². The maximum absolute atomic E-state index is 13.9. The lowest BCUT2D eigenvalue weighted by molar-refractivity contribution is -0.123. The Morgan fingerprint density at radius 2 is 1.89 bits per heavy atom. The molecule has 2 heterocycles. The zero-order valence-corrected chi connectivity index (χ0v) is 23.1. The Bertz CT molecular complexity index is 980. The molecule has 8 heteroatoms. The first-order valence-corrected chi connectivity index (χ1v) is 13.4. The average Bonchev–Trinajstić information content (AvgIpc) is 3.05. The number of rotatable bonds is 7. The Labute approximate surface area is 216 Å². The predicted molar refractivity (Wildman–Crippen MR) is 142 cm³/mol. The molecule has 1 aromatic rings. The average molecular weight is 501 g/mol. The van der Waals surface area contributed by atoms with Crippen LogP contribution in [0, 0.1) is 0 Å². The number of piperidine rings is 1. The highest BCUT2D eigenvalue weighted by Gasteiger charge is 2.48. The van der Waals surface area contributed by atoms with E-state index >= 15 is 0 Å². The summed E-state index contributed by atoms with van der Waals surface area (Å²) >= 11 is 0. The van der Waals surface area contributed by atoms with Crippen LogP contribution < -0.4 is 10.6 Å². The Kier molecular flexibility index (Phi) is 8.38. The number of hydrogen-bond acceptors (Lipinski definition) is 5. The molecule has 0 bridgehead atoms. The molecule has 0 spiro atoms. The zero-order valence-electron chi connectivity index (χ0n) is 23.1. The van der Waals surface area contributed by atoms with Crippen molar-refractivity contribution in [3.05, 3.63) is 29.3 Å². The van der Waals surface area contributed by atoms with E-state index in [2.05, 4.69) is 0 Å². The molecule has 3 rings (SSSR count). The van der Waals surface area contributed by atoms with E-state index < -0.39 is 11.0 Å². The standard InChI is InChI=1S/C28H44N4O4/c1-8-28(9-2)22-13-12-20(17-23(22)31(16-14-29)25(28)34)24(33)32(19(3)4)21-11-10-15-30(18-21)26(35)36-27(5,6)7/h12-13,17,19,21H,8-11,14-16,18,29H2,1-7H3/t21-/m1/s1. The van der Waals surface area contributed by atoms with Gasteiger partial charge in [0.25, 0.3) is 5.91 Å². The van der Waals surface area contributed by atoms with Crippen molar-refractivity contribution in [3.8, 4) is 0 Å². The van der Waals surface area contributed by atoms with Gasteiger partial charge in [-0.25, -0.2) is 4.79 Å². The van der Waals surface area contributed by atoms with E-state index in [0.29, 0.717) is 44.6 Å². The number of ether oxygens (including phenoxy) is 1. The molecule has 0 aliphatic carbocycles. The third kappa shape index (κ3) is 5.24. The molecule has 200 valence electrons. The van der Waals surface area contributed by atoms with Gasteiger partial charge < -0.3 is 25.2 Å². The summed E-state index contributed by atoms with van der Waals surface area (Å²) in [6, 6.07) is 5.50. The number of nitrogens with zero attached hydrogens (tertiary/aromatic N) is 3. The van der Waals surface area contributed by atoms with Crippen LogP contribution in [0.4, 0.5) is 10.5 Å². The summed E-state index contributed by atoms with van der Waals surface area (Å²) in [5.41, 5.74) is 7.03. The van der Waals surface area contributed by atoms with Gasteiger partial charge in [-0.15, -0.1) is 0 Å². The lowest BCUT2D eigenvalue weighted by atomic mass is 9.77. The third-order valence-corrected chi connectivity index (χ3v) is 7.50. The number of hydrogen-bond donors (Lipinski definition) is 1. The summed E-state index contributed by atoms with van der Waals surface area (Å²) in [5.74, 6) is -0.0203. The first kappa shape index (κ1) is 28.0. The van der Waals surface area contributed by atoms with E-state index in [-0.39, 0.29) is 30.0 Å². The van der Waals surface area contributed by atoms with Crippen LogP contribution in [0.1, 0.15) is 90.1 Å². The molecule has 2 aliphatic heterocycles. The Balaban J connectivity index is 1.91. The molecule has 2 aliphatic rings. The molecule has 0 radical (unpaired) electrons. The van der Waals surface area contributed by atoms with E-state index in [1.54, 1.807) is 9.80 Å². The van der Waals surface area contributed by atoms with Crippen molar-refractivity contribution in [2.45, 2.75) is 97.2 Å². The molecule has 0 aromatic heterocycles. The maximum atomic E-state index is 13.9. The fourth-order valence-corrected chi connectivity index (χ4v) is 5.71. The van der Waals surface area contributed by atoms with Gasteiger partial charge in [-0.1, -0.05) is 19.9 Å². The lowest BCUT2D eigenvalue weighted by Crippen LogP contribution is -2.54. The number of anilines is 1. The van der Waals surface area contributed by atoms with Crippen molar-refractivity contribution in [1.82, 2.24) is 9.80 Å². The summed E-state index contributed by atoms with van der Waals surface area (Å²) < 4.78 is 5.58. The summed E-state index contributed by atoms with van der Waals surface area (Å²) in [5, 5.41) is 0. The van der Waals surface area contributed by atoms with Gasteiger partial charge >= 0.3 is 6.09 Å². The Hall–Kier alpha value is -2.61. The Morgan fingerprint density at radius 1 is 1.22 bits per heavy atom. The smallest absolute Gasteiger partial charge is 0.410 e. The van der Waals surface area contributed by atoms with Gasteiger partial charge in [-0.05, 0) is 78.0 Å². The molecule has 1 fully saturated rings. The predicted octanol–water partition coefficient (Wildman–Crippen LogP) is 4.30. The largest absolute Gasteiger partial charge is 0.444 e. The molecule has 1 saturated heterocycles. The van der Waals surface area contributed by atoms with Gasteiger partial charge in [0.1, 0.15) is 5.60 Å². The van der Waals surface area contributed by atoms with Gasteiger partial charge in [0.15, 0.2) is 0 Å². The van der Waals surface area contributed by atoms with Crippen LogP contribution in [0.3, 0.4) is 0 Å². The van der Waals surface area contributed by atoms with Gasteiger partial charge in [0.2, 0.25) is 5.91 Å². The zero-order chi connectivity index (χ0) is 26.8. The van der Waals surface area contributed by atoms with Crippen molar-refractivity contribution < 1.29 is 19.1 Å². The van der Waals surface area contributed by atoms with E-state index in [4.69, 9.17) is 10.5 Å². The van der Waals surface area contributed by atoms with Crippen molar-refractivity contribution in [1.29, 1.82) is 0 Å². The van der Waals surface area contributed by atoms with Crippen LogP contribution in [0.25, 0.3) is 0 Å². The number of fused-ring (bicyclic) bond motifs is 1. The fourth-order valence-electron chi connectivity index (χ4n) is 5.71. The molecule has 0 unspecified atom stereocenters. The maximum Gasteiger partial charge on any atom is 0.410 e. The molecule has 0 saturated carbocycles. The van der Waals surface area contributed by atoms with Crippen LogP contribution in [0.5, 0.6) is 0 Å². The first-order chi connectivity index (χ1) is 16.9. The minimum atomic E-state index is -0.568. The minimum absolute atomic E-state index is 0.0542. The highest BCUT2D eigenvalue weighted by molar-refractivity contribution is 6.09. The number of likely N-dealkylation sites (tertiary alicyclic amines) is 1. The number of benzene rings is 1. The van der Waals surface area contributed by atoms with Crippen LogP contribution in [-0.4, -0.2) is 71.6 Å². The highest BCUT2D eigenvalue weighted by Crippen LogP contribution is 2.46. The molecule has 1 aromatic carbocycles. The first-order valence-electron chi connectivity index (χ1n) is 13.4. The topological polar surface area (TPSA) is 96.2 Å². The number of nitrogens with two attached hydrogens (primary N) is 1. The van der Waals surface area contributed by atoms with Crippen LogP contribution in [-0.2, 0) is 14.9 Å². The Morgan fingerprint density at radius 3 is 2.44 bits per heavy atom. The van der Waals surface area contributed by atoms with Crippen molar-refractivity contribution in [2.75, 3.05) is 31.1 Å². The van der Waals surface area contributed by atoms with Gasteiger partial charge in [-0.3, -0.25) is 9.59 Å². The lowest BCUT2D eigenvalue weighted by Gasteiger charge is -2.41. The molecule has 1 atom stereocenters. The molecular formula is C28H44N4O4. The third-order valence-electron chi connectivity index (χ3n) is 7.50. The van der Waals surface area contributed by atoms with Gasteiger partial charge in [-0.2, -0.15) is 0 Å². The fraction of sp³-hybridized carbons (Fsp3) is 0.679. The van der Waals surface area contributed by atoms with Crippen LogP contribution in [0.15, 0.2) is 18.2 Å². The summed E-state index contributed by atoms with van der Waals surface area (Å²) in [6.45, 7) is 15.5. The monoisotopic (exact) mass is 500 g/mol. The molecular weight excluding hydrogens is 456 g/mol. The van der Waals surface area contributed by atoms with E-state index in [1.807, 2.05) is 71.6 Å². The molecule has 3 amide bonds. The second-order valence-corrected chi connectivity index (χ2v) is 11.3. The second-order valence-electron chi connectivity index (χ2n) is 11.3. The minimum Gasteiger partial charge on any atom is -0.444 e. The van der Waals surface area contributed by atoms with E-state index in [1.165, 1.54) is 0 Å². The molecule has 2 N–H and O–H groups in total. The summed E-state index contributed by atoms with van der Waals surface area (Å²) in [6.07, 6.45) is 2.68. The highest BCUT2D eigenvalue weighted by atomic mass is 16.6. The summed E-state index contributed by atoms with van der Waals surface area (Å²) in [4.78, 5) is 45.4. The van der Waals surface area contributed by atoms with Crippen LogP contribution in [0.2, 0.25) is 0 Å². The number of carbonyl (C=O) groups is 3.